The standard InChI is InChI=1S/C10H18.2C8H16.C7H14.4CH4.3Y/c1-7(2)10-6-8-3-4-9(10)5-8;1-5-6-8(4)7(2)3;1-5-8(6-2)7(3)4;1-5-7(4)6(2)3;;;;;;;/h7-10H,3-6H2,1-2H3;7-8H,1,4-6H2,2-3H3;7-8H,1-2,5-6H2,3-4H3;6-7H,1,4-5H2,2-3H3;4*1H4;;;/q;3*-2;;;;;;;/t8-,9+,10?;;;;;;;;;;/m0........../s1. The Labute approximate surface area is 337 Å². The van der Waals surface area contributed by atoms with Crippen molar-refractivity contribution < 1.29 is 98.1 Å². The Bertz CT molecular complexity index is 416. The Hall–Kier alpha value is 3.31. The maximum atomic E-state index is 3.99. The second-order valence-electron chi connectivity index (χ2n) is 12.1. The van der Waals surface area contributed by atoms with E-state index in [0.29, 0.717) is 17.8 Å². The number of fused-ring (bicyclic) bond motifs is 2. The third-order valence-electron chi connectivity index (χ3n) is 8.16. The van der Waals surface area contributed by atoms with E-state index in [9.17, 15) is 0 Å². The second-order valence-corrected chi connectivity index (χ2v) is 12.1. The Morgan fingerprint density at radius 3 is 1.10 bits per heavy atom. The van der Waals surface area contributed by atoms with E-state index in [0.717, 1.165) is 73.5 Å². The summed E-state index contributed by atoms with van der Waals surface area (Å²) in [5.74, 6) is 8.36. The zero-order valence-corrected chi connectivity index (χ0v) is 34.6. The van der Waals surface area contributed by atoms with E-state index >= 15 is 0 Å². The van der Waals surface area contributed by atoms with Gasteiger partial charge in [-0.15, -0.1) is 6.42 Å². The molecule has 0 N–H and O–H groups in total. The first kappa shape index (κ1) is 65.9. The molecule has 3 heteroatoms. The quantitative estimate of drug-likeness (QED) is 0.204. The molecule has 0 aromatic heterocycles. The van der Waals surface area contributed by atoms with Gasteiger partial charge in [0.1, 0.15) is 0 Å². The van der Waals surface area contributed by atoms with E-state index in [-0.39, 0.29) is 128 Å². The number of hydrogen-bond donors (Lipinski definition) is 0. The van der Waals surface area contributed by atoms with Crippen LogP contribution in [0.15, 0.2) is 0 Å². The van der Waals surface area contributed by atoms with Crippen molar-refractivity contribution in [1.29, 1.82) is 0 Å². The van der Waals surface area contributed by atoms with Crippen molar-refractivity contribution in [3.05, 3.63) is 41.5 Å². The fourth-order valence-corrected chi connectivity index (χ4v) is 4.85. The molecule has 2 aliphatic rings. The van der Waals surface area contributed by atoms with Gasteiger partial charge in [-0.1, -0.05) is 109 Å². The molecule has 2 rings (SSSR count). The normalized spacial score (nSPS) is 19.1. The molecule has 243 valence electrons. The van der Waals surface area contributed by atoms with Gasteiger partial charge in [0.05, 0.1) is 0 Å². The molecule has 0 spiro atoms. The van der Waals surface area contributed by atoms with Gasteiger partial charge in [0.15, 0.2) is 0 Å². The minimum Gasteiger partial charge on any atom is -0.345 e. The Balaban J connectivity index is -0.0000000437. The Kier molecular flexibility index (Phi) is 66.4. The summed E-state index contributed by atoms with van der Waals surface area (Å²) in [6.45, 7) is 41.0. The molecule has 5 atom stereocenters. The smallest absolute Gasteiger partial charge is 0 e. The van der Waals surface area contributed by atoms with Crippen LogP contribution in [0.4, 0.5) is 0 Å². The third kappa shape index (κ3) is 32.7. The summed E-state index contributed by atoms with van der Waals surface area (Å²) in [6.07, 6.45) is 11.4. The van der Waals surface area contributed by atoms with Crippen molar-refractivity contribution in [3.8, 4) is 0 Å². The molecule has 2 saturated carbocycles. The van der Waals surface area contributed by atoms with Crippen LogP contribution >= 0.6 is 0 Å². The predicted octanol–water partition coefficient (Wildman–Crippen LogP) is 13.3. The summed E-state index contributed by atoms with van der Waals surface area (Å²) in [6, 6.07) is 0. The van der Waals surface area contributed by atoms with Crippen molar-refractivity contribution in [2.45, 2.75) is 143 Å². The SMILES string of the molecule is C.C.C.C.CC(C)C1C[C@H]2CC[C@@H]1C2.[CH2-]CC(C[CH2-])C(C)C.[CH2-]CC([CH2-])C(C)C.[CH2-]CCC([CH2-])C(C)C.[Y].[Y].[Y]. The van der Waals surface area contributed by atoms with Gasteiger partial charge in [0, 0.05) is 98.1 Å². The first-order valence-electron chi connectivity index (χ1n) is 14.2. The van der Waals surface area contributed by atoms with Crippen LogP contribution in [0.3, 0.4) is 0 Å². The maximum Gasteiger partial charge on any atom is 0 e. The minimum atomic E-state index is 0. The minimum absolute atomic E-state index is 0. The average Bonchev–Trinajstić information content (AvgIpc) is 3.39. The molecule has 3 unspecified atom stereocenters. The molecule has 0 saturated heterocycles. The van der Waals surface area contributed by atoms with Gasteiger partial charge in [0.25, 0.3) is 0 Å². The average molecular weight is 792 g/mol. The van der Waals surface area contributed by atoms with E-state index in [1.807, 2.05) is 0 Å². The van der Waals surface area contributed by atoms with Crippen LogP contribution in [0.5, 0.6) is 0 Å². The van der Waals surface area contributed by atoms with Gasteiger partial charge in [-0.2, -0.15) is 31.1 Å². The Morgan fingerprint density at radius 1 is 0.575 bits per heavy atom. The van der Waals surface area contributed by atoms with Crippen molar-refractivity contribution in [3.63, 3.8) is 0 Å². The molecule has 2 bridgehead atoms. The van der Waals surface area contributed by atoms with Crippen LogP contribution in [0.1, 0.15) is 143 Å². The number of hydrogen-bond acceptors (Lipinski definition) is 0. The zero-order chi connectivity index (χ0) is 26.1. The van der Waals surface area contributed by atoms with Crippen LogP contribution in [-0.4, -0.2) is 0 Å². The fourth-order valence-electron chi connectivity index (χ4n) is 4.85. The summed E-state index contributed by atoms with van der Waals surface area (Å²) in [4.78, 5) is 0. The van der Waals surface area contributed by atoms with Crippen LogP contribution in [0.2, 0.25) is 0 Å². The molecular weight excluding hydrogens is 711 g/mol. The van der Waals surface area contributed by atoms with Gasteiger partial charge in [-0.3, -0.25) is 0 Å². The summed E-state index contributed by atoms with van der Waals surface area (Å²) in [7, 11) is 0. The molecule has 0 heterocycles. The van der Waals surface area contributed by atoms with E-state index < -0.39 is 0 Å². The first-order chi connectivity index (χ1) is 15.4. The van der Waals surface area contributed by atoms with Crippen LogP contribution in [0, 0.1) is 101 Å². The molecule has 0 aliphatic heterocycles. The van der Waals surface area contributed by atoms with E-state index in [4.69, 9.17) is 0 Å². The van der Waals surface area contributed by atoms with E-state index in [1.165, 1.54) is 0 Å². The van der Waals surface area contributed by atoms with Gasteiger partial charge in [-0.05, 0) is 48.9 Å². The predicted molar refractivity (Wildman–Crippen MR) is 181 cm³/mol. The topological polar surface area (TPSA) is 0 Å². The van der Waals surface area contributed by atoms with Crippen molar-refractivity contribution in [2.75, 3.05) is 0 Å². The summed E-state index contributed by atoms with van der Waals surface area (Å²) in [5.41, 5.74) is 0. The molecule has 0 nitrogen and oxygen atoms in total. The molecule has 2 aliphatic carbocycles. The Morgan fingerprint density at radius 2 is 1.00 bits per heavy atom. The number of rotatable bonds is 9. The molecular formula is C37H80Y3-6. The summed E-state index contributed by atoms with van der Waals surface area (Å²) < 4.78 is 0. The van der Waals surface area contributed by atoms with Crippen molar-refractivity contribution in [1.82, 2.24) is 0 Å². The molecule has 2 fully saturated rings. The molecule has 0 aromatic carbocycles. The molecule has 0 amide bonds. The largest absolute Gasteiger partial charge is 0.345 e. The first-order valence-corrected chi connectivity index (χ1v) is 14.2. The molecule has 40 heavy (non-hydrogen) atoms. The van der Waals surface area contributed by atoms with Crippen molar-refractivity contribution >= 4 is 0 Å². The van der Waals surface area contributed by atoms with Crippen LogP contribution in [0.25, 0.3) is 0 Å². The second kappa shape index (κ2) is 40.3. The van der Waals surface area contributed by atoms with Gasteiger partial charge in [0.2, 0.25) is 0 Å². The molecule has 3 radical (unpaired) electrons. The van der Waals surface area contributed by atoms with Crippen molar-refractivity contribution in [2.24, 2.45) is 59.2 Å². The maximum absolute atomic E-state index is 3.99. The van der Waals surface area contributed by atoms with Crippen LogP contribution in [-0.2, 0) is 98.1 Å². The van der Waals surface area contributed by atoms with E-state index in [1.54, 1.807) is 25.7 Å². The summed E-state index contributed by atoms with van der Waals surface area (Å²) >= 11 is 0. The monoisotopic (exact) mass is 791 g/mol. The summed E-state index contributed by atoms with van der Waals surface area (Å²) in [5, 5.41) is 0. The molecule has 0 aromatic rings. The van der Waals surface area contributed by atoms with Crippen LogP contribution < -0.4 is 0 Å². The van der Waals surface area contributed by atoms with Gasteiger partial charge >= 0.3 is 0 Å². The van der Waals surface area contributed by atoms with Gasteiger partial charge < -0.3 is 41.5 Å². The van der Waals surface area contributed by atoms with E-state index in [2.05, 4.69) is 96.9 Å². The fraction of sp³-hybridized carbons (Fsp3) is 0.838. The zero-order valence-electron chi connectivity index (χ0n) is 26.1. The van der Waals surface area contributed by atoms with Gasteiger partial charge in [-0.25, -0.2) is 6.42 Å². The third-order valence-corrected chi connectivity index (χ3v) is 8.16.